The average Bonchev–Trinajstić information content (AvgIpc) is 3.01. The van der Waals surface area contributed by atoms with E-state index in [4.69, 9.17) is 16.6 Å². The Morgan fingerprint density at radius 3 is 2.57 bits per heavy atom. The molecular formula is C22H25ClFN3O. The molecular weight excluding hydrogens is 377 g/mol. The van der Waals surface area contributed by atoms with Crippen molar-refractivity contribution in [2.45, 2.75) is 40.3 Å². The number of benzene rings is 2. The number of aryl methyl sites for hydroxylation is 1. The molecule has 148 valence electrons. The van der Waals surface area contributed by atoms with Gasteiger partial charge in [0.25, 0.3) is 5.91 Å². The lowest BCUT2D eigenvalue weighted by atomic mass is 10.1. The van der Waals surface area contributed by atoms with Gasteiger partial charge in [-0.05, 0) is 61.7 Å². The average molecular weight is 402 g/mol. The van der Waals surface area contributed by atoms with Gasteiger partial charge in [0.15, 0.2) is 0 Å². The van der Waals surface area contributed by atoms with E-state index in [9.17, 15) is 9.18 Å². The molecule has 0 saturated heterocycles. The van der Waals surface area contributed by atoms with Crippen LogP contribution in [0.25, 0.3) is 11.0 Å². The normalized spacial score (nSPS) is 11.4. The van der Waals surface area contributed by atoms with Gasteiger partial charge in [-0.25, -0.2) is 9.37 Å². The maximum Gasteiger partial charge on any atom is 0.254 e. The molecule has 0 atom stereocenters. The second-order valence-electron chi connectivity index (χ2n) is 7.32. The smallest absolute Gasteiger partial charge is 0.254 e. The van der Waals surface area contributed by atoms with Crippen molar-refractivity contribution in [3.8, 4) is 0 Å². The molecule has 0 aliphatic rings. The number of carbonyl (C=O) groups is 1. The summed E-state index contributed by atoms with van der Waals surface area (Å²) in [5, 5.41) is 0.660. The van der Waals surface area contributed by atoms with Gasteiger partial charge in [-0.3, -0.25) is 4.79 Å². The maximum absolute atomic E-state index is 13.3. The molecule has 0 bridgehead atoms. The minimum Gasteiger partial charge on any atom is -0.331 e. The number of nitrogens with zero attached hydrogens (tertiary/aromatic N) is 3. The predicted molar refractivity (Wildman–Crippen MR) is 111 cm³/mol. The number of amides is 1. The molecule has 4 nitrogen and oxygen atoms in total. The molecule has 1 heterocycles. The van der Waals surface area contributed by atoms with Crippen molar-refractivity contribution in [2.24, 2.45) is 5.92 Å². The number of hydrogen-bond acceptors (Lipinski definition) is 2. The van der Waals surface area contributed by atoms with Gasteiger partial charge in [0.05, 0.1) is 17.6 Å². The van der Waals surface area contributed by atoms with Gasteiger partial charge in [0.2, 0.25) is 0 Å². The standard InChI is InChI=1S/C22H25ClFN3O/c1-4-27-20-13-17(23)7-10-19(20)25-21(27)14-26(12-11-15(2)3)22(28)16-5-8-18(24)9-6-16/h5-10,13,15H,4,11-12,14H2,1-3H3. The molecule has 1 amide bonds. The topological polar surface area (TPSA) is 38.1 Å². The van der Waals surface area contributed by atoms with Gasteiger partial charge in [-0.15, -0.1) is 0 Å². The van der Waals surface area contributed by atoms with Crippen molar-refractivity contribution in [3.63, 3.8) is 0 Å². The van der Waals surface area contributed by atoms with Crippen molar-refractivity contribution < 1.29 is 9.18 Å². The number of rotatable bonds is 7. The minimum absolute atomic E-state index is 0.117. The summed E-state index contributed by atoms with van der Waals surface area (Å²) in [5.41, 5.74) is 2.30. The Labute approximate surface area is 169 Å². The summed E-state index contributed by atoms with van der Waals surface area (Å²) in [6.07, 6.45) is 0.880. The maximum atomic E-state index is 13.3. The number of fused-ring (bicyclic) bond motifs is 1. The third-order valence-electron chi connectivity index (χ3n) is 4.79. The van der Waals surface area contributed by atoms with Crippen LogP contribution >= 0.6 is 11.6 Å². The highest BCUT2D eigenvalue weighted by molar-refractivity contribution is 6.31. The third-order valence-corrected chi connectivity index (χ3v) is 5.03. The summed E-state index contributed by atoms with van der Waals surface area (Å²) in [6, 6.07) is 11.3. The van der Waals surface area contributed by atoms with E-state index in [0.717, 1.165) is 29.8 Å². The second-order valence-corrected chi connectivity index (χ2v) is 7.76. The van der Waals surface area contributed by atoms with Gasteiger partial charge in [-0.1, -0.05) is 25.4 Å². The molecule has 2 aromatic carbocycles. The highest BCUT2D eigenvalue weighted by Gasteiger charge is 2.20. The molecule has 0 spiro atoms. The summed E-state index contributed by atoms with van der Waals surface area (Å²) < 4.78 is 15.3. The van der Waals surface area contributed by atoms with E-state index < -0.39 is 0 Å². The Morgan fingerprint density at radius 2 is 1.93 bits per heavy atom. The zero-order valence-corrected chi connectivity index (χ0v) is 17.2. The summed E-state index contributed by atoms with van der Waals surface area (Å²) in [6.45, 7) is 8.04. The molecule has 0 aliphatic carbocycles. The van der Waals surface area contributed by atoms with Crippen LogP contribution in [0.3, 0.4) is 0 Å². The Hall–Kier alpha value is -2.40. The van der Waals surface area contributed by atoms with Crippen LogP contribution in [0.1, 0.15) is 43.4 Å². The first-order valence-corrected chi connectivity index (χ1v) is 9.96. The zero-order chi connectivity index (χ0) is 20.3. The van der Waals surface area contributed by atoms with Crippen molar-refractivity contribution in [1.82, 2.24) is 14.5 Å². The SMILES string of the molecule is CCn1c(CN(CCC(C)C)C(=O)c2ccc(F)cc2)nc2ccc(Cl)cc21. The largest absolute Gasteiger partial charge is 0.331 e. The minimum atomic E-state index is -0.352. The van der Waals surface area contributed by atoms with E-state index >= 15 is 0 Å². The fraction of sp³-hybridized carbons (Fsp3) is 0.364. The van der Waals surface area contributed by atoms with E-state index in [-0.39, 0.29) is 11.7 Å². The predicted octanol–water partition coefficient (Wildman–Crippen LogP) is 5.54. The Bertz CT molecular complexity index is 966. The molecule has 0 unspecified atom stereocenters. The molecule has 3 aromatic rings. The molecule has 0 fully saturated rings. The van der Waals surface area contributed by atoms with Crippen molar-refractivity contribution in [1.29, 1.82) is 0 Å². The van der Waals surface area contributed by atoms with E-state index in [0.29, 0.717) is 29.6 Å². The number of halogens is 2. The van der Waals surface area contributed by atoms with Crippen LogP contribution in [0.2, 0.25) is 5.02 Å². The molecule has 0 radical (unpaired) electrons. The van der Waals surface area contributed by atoms with Crippen LogP contribution < -0.4 is 0 Å². The monoisotopic (exact) mass is 401 g/mol. The lowest BCUT2D eigenvalue weighted by Gasteiger charge is -2.24. The van der Waals surface area contributed by atoms with Crippen LogP contribution in [-0.4, -0.2) is 26.9 Å². The van der Waals surface area contributed by atoms with Gasteiger partial charge in [0, 0.05) is 23.7 Å². The van der Waals surface area contributed by atoms with E-state index in [1.807, 2.05) is 25.1 Å². The Balaban J connectivity index is 1.94. The highest BCUT2D eigenvalue weighted by Crippen LogP contribution is 2.22. The summed E-state index contributed by atoms with van der Waals surface area (Å²) in [5.74, 6) is 0.814. The summed E-state index contributed by atoms with van der Waals surface area (Å²) >= 11 is 6.15. The third kappa shape index (κ3) is 4.53. The van der Waals surface area contributed by atoms with Gasteiger partial charge in [0.1, 0.15) is 11.6 Å². The number of aromatic nitrogens is 2. The van der Waals surface area contributed by atoms with Gasteiger partial charge in [-0.2, -0.15) is 0 Å². The molecule has 0 aliphatic heterocycles. The number of hydrogen-bond donors (Lipinski definition) is 0. The first-order chi connectivity index (χ1) is 13.4. The van der Waals surface area contributed by atoms with Crippen molar-refractivity contribution >= 4 is 28.5 Å². The first kappa shape index (κ1) is 20.3. The van der Waals surface area contributed by atoms with E-state index in [2.05, 4.69) is 18.4 Å². The lowest BCUT2D eigenvalue weighted by molar-refractivity contribution is 0.0729. The fourth-order valence-electron chi connectivity index (χ4n) is 3.23. The Kier molecular flexibility index (Phi) is 6.35. The highest BCUT2D eigenvalue weighted by atomic mass is 35.5. The van der Waals surface area contributed by atoms with Crippen LogP contribution in [0.4, 0.5) is 4.39 Å². The molecule has 1 aromatic heterocycles. The fourth-order valence-corrected chi connectivity index (χ4v) is 3.40. The number of carbonyl (C=O) groups excluding carboxylic acids is 1. The van der Waals surface area contributed by atoms with Gasteiger partial charge < -0.3 is 9.47 Å². The molecule has 6 heteroatoms. The second kappa shape index (κ2) is 8.74. The van der Waals surface area contributed by atoms with Gasteiger partial charge >= 0.3 is 0 Å². The van der Waals surface area contributed by atoms with Crippen LogP contribution in [0.15, 0.2) is 42.5 Å². The number of imidazole rings is 1. The zero-order valence-electron chi connectivity index (χ0n) is 16.5. The van der Waals surface area contributed by atoms with Crippen molar-refractivity contribution in [3.05, 3.63) is 64.7 Å². The molecule has 0 N–H and O–H groups in total. The van der Waals surface area contributed by atoms with Crippen molar-refractivity contribution in [2.75, 3.05) is 6.54 Å². The van der Waals surface area contributed by atoms with Crippen LogP contribution in [0, 0.1) is 11.7 Å². The molecule has 3 rings (SSSR count). The van der Waals surface area contributed by atoms with E-state index in [1.165, 1.54) is 24.3 Å². The molecule has 0 saturated carbocycles. The Morgan fingerprint density at radius 1 is 1.21 bits per heavy atom. The molecule has 28 heavy (non-hydrogen) atoms. The van der Waals surface area contributed by atoms with E-state index in [1.54, 1.807) is 4.90 Å². The summed E-state index contributed by atoms with van der Waals surface area (Å²) in [4.78, 5) is 19.6. The summed E-state index contributed by atoms with van der Waals surface area (Å²) in [7, 11) is 0. The quantitative estimate of drug-likeness (QED) is 0.521. The lowest BCUT2D eigenvalue weighted by Crippen LogP contribution is -2.33. The van der Waals surface area contributed by atoms with Crippen LogP contribution in [0.5, 0.6) is 0 Å². The van der Waals surface area contributed by atoms with Crippen LogP contribution in [-0.2, 0) is 13.1 Å². The first-order valence-electron chi connectivity index (χ1n) is 9.58.